The Hall–Kier alpha value is -3.12. The van der Waals surface area contributed by atoms with Crippen molar-refractivity contribution in [1.82, 2.24) is 4.98 Å². The largest absolute Gasteiger partial charge is 0.455 e. The minimum absolute atomic E-state index is 0.644. The molecule has 3 nitrogen and oxygen atoms in total. The van der Waals surface area contributed by atoms with E-state index in [0.717, 1.165) is 38.8 Å². The maximum absolute atomic E-state index is 9.18. The number of para-hydroxylation sites is 1. The van der Waals surface area contributed by atoms with E-state index in [-0.39, 0.29) is 0 Å². The van der Waals surface area contributed by atoms with Crippen molar-refractivity contribution < 1.29 is 4.42 Å². The van der Waals surface area contributed by atoms with Crippen LogP contribution in [0.4, 0.5) is 0 Å². The molecule has 0 spiro atoms. The minimum Gasteiger partial charge on any atom is -0.455 e. The summed E-state index contributed by atoms with van der Waals surface area (Å²) in [5.41, 5.74) is 4.99. The number of aromatic nitrogens is 1. The van der Waals surface area contributed by atoms with E-state index in [1.807, 2.05) is 55.5 Å². The molecule has 0 bridgehead atoms. The number of hydrogen-bond acceptors (Lipinski definition) is 3. The van der Waals surface area contributed by atoms with Crippen LogP contribution in [0.25, 0.3) is 33.2 Å². The molecule has 0 saturated heterocycles. The lowest BCUT2D eigenvalue weighted by Gasteiger charge is -2.00. The first-order chi connectivity index (χ1) is 10.8. The van der Waals surface area contributed by atoms with E-state index in [1.54, 1.807) is 6.20 Å². The van der Waals surface area contributed by atoms with Crippen molar-refractivity contribution in [2.45, 2.75) is 6.92 Å². The Morgan fingerprint density at radius 2 is 1.95 bits per heavy atom. The van der Waals surface area contributed by atoms with Gasteiger partial charge in [-0.05, 0) is 42.8 Å². The van der Waals surface area contributed by atoms with Gasteiger partial charge in [0.25, 0.3) is 0 Å². The summed E-state index contributed by atoms with van der Waals surface area (Å²) in [5.74, 6) is 0. The number of nitriles is 1. The number of fused-ring (bicyclic) bond motifs is 3. The highest BCUT2D eigenvalue weighted by molar-refractivity contribution is 6.09. The monoisotopic (exact) mass is 284 g/mol. The molecule has 2 heterocycles. The van der Waals surface area contributed by atoms with E-state index in [0.29, 0.717) is 5.56 Å². The highest BCUT2D eigenvalue weighted by Crippen LogP contribution is 2.35. The Morgan fingerprint density at radius 3 is 2.73 bits per heavy atom. The zero-order valence-corrected chi connectivity index (χ0v) is 12.0. The van der Waals surface area contributed by atoms with Crippen molar-refractivity contribution >= 4 is 21.9 Å². The van der Waals surface area contributed by atoms with Gasteiger partial charge in [-0.2, -0.15) is 5.26 Å². The number of nitrogens with zero attached hydrogens (tertiary/aromatic N) is 2. The fourth-order valence-electron chi connectivity index (χ4n) is 2.80. The van der Waals surface area contributed by atoms with E-state index in [2.05, 4.69) is 11.1 Å². The van der Waals surface area contributed by atoms with Gasteiger partial charge in [0.2, 0.25) is 0 Å². The first-order valence-corrected chi connectivity index (χ1v) is 7.05. The zero-order valence-electron chi connectivity index (χ0n) is 12.0. The third-order valence-corrected chi connectivity index (χ3v) is 3.91. The van der Waals surface area contributed by atoms with Crippen LogP contribution < -0.4 is 0 Å². The summed E-state index contributed by atoms with van der Waals surface area (Å²) in [6.07, 6.45) is 1.77. The molecule has 0 amide bonds. The molecular formula is C19H12N2O. The molecule has 0 aliphatic heterocycles. The molecule has 0 atom stereocenters. The van der Waals surface area contributed by atoms with Gasteiger partial charge in [-0.1, -0.05) is 18.2 Å². The number of benzene rings is 2. The molecule has 2 aromatic heterocycles. The minimum atomic E-state index is 0.644. The molecule has 2 aromatic carbocycles. The summed E-state index contributed by atoms with van der Waals surface area (Å²) < 4.78 is 6.04. The standard InChI is InChI=1S/C19H12N2O/c1-12-9-16-14-5-4-6-15(17-7-2-3-8-21-17)19(14)22-18(16)10-13(12)11-20/h2-10H,1H3. The number of pyridine rings is 1. The fourth-order valence-corrected chi connectivity index (χ4v) is 2.80. The van der Waals surface area contributed by atoms with Crippen molar-refractivity contribution in [2.24, 2.45) is 0 Å². The van der Waals surface area contributed by atoms with Crippen molar-refractivity contribution in [3.8, 4) is 17.3 Å². The van der Waals surface area contributed by atoms with Gasteiger partial charge in [-0.3, -0.25) is 4.98 Å². The molecule has 0 N–H and O–H groups in total. The number of aryl methyl sites for hydroxylation is 1. The van der Waals surface area contributed by atoms with Gasteiger partial charge < -0.3 is 4.42 Å². The lowest BCUT2D eigenvalue weighted by atomic mass is 10.0. The van der Waals surface area contributed by atoms with Gasteiger partial charge >= 0.3 is 0 Å². The zero-order chi connectivity index (χ0) is 15.1. The third kappa shape index (κ3) is 1.78. The molecule has 0 aliphatic rings. The maximum atomic E-state index is 9.18. The Labute approximate surface area is 127 Å². The summed E-state index contributed by atoms with van der Waals surface area (Å²) in [6.45, 7) is 1.94. The first-order valence-electron chi connectivity index (χ1n) is 7.05. The van der Waals surface area contributed by atoms with E-state index >= 15 is 0 Å². The normalized spacial score (nSPS) is 10.9. The third-order valence-electron chi connectivity index (χ3n) is 3.91. The maximum Gasteiger partial charge on any atom is 0.144 e. The summed E-state index contributed by atoms with van der Waals surface area (Å²) in [5, 5.41) is 11.3. The Bertz CT molecular complexity index is 1040. The number of furan rings is 1. The van der Waals surface area contributed by atoms with Crippen LogP contribution >= 0.6 is 0 Å². The lowest BCUT2D eigenvalue weighted by Crippen LogP contribution is -1.82. The van der Waals surface area contributed by atoms with Crippen LogP contribution in [0.5, 0.6) is 0 Å². The van der Waals surface area contributed by atoms with E-state index in [9.17, 15) is 5.26 Å². The van der Waals surface area contributed by atoms with E-state index < -0.39 is 0 Å². The van der Waals surface area contributed by atoms with Gasteiger partial charge in [-0.25, -0.2) is 0 Å². The summed E-state index contributed by atoms with van der Waals surface area (Å²) in [6, 6.07) is 17.9. The van der Waals surface area contributed by atoms with E-state index in [1.165, 1.54) is 0 Å². The molecule has 22 heavy (non-hydrogen) atoms. The quantitative estimate of drug-likeness (QED) is 0.503. The SMILES string of the molecule is Cc1cc2c(cc1C#N)oc1c(-c3ccccn3)cccc12. The van der Waals surface area contributed by atoms with Crippen LogP contribution in [-0.4, -0.2) is 4.98 Å². The summed E-state index contributed by atoms with van der Waals surface area (Å²) in [4.78, 5) is 4.41. The van der Waals surface area contributed by atoms with Crippen LogP contribution in [0, 0.1) is 18.3 Å². The van der Waals surface area contributed by atoms with Gasteiger partial charge in [0.05, 0.1) is 17.3 Å². The van der Waals surface area contributed by atoms with Crippen LogP contribution in [0.15, 0.2) is 59.1 Å². The topological polar surface area (TPSA) is 49.8 Å². The summed E-state index contributed by atoms with van der Waals surface area (Å²) in [7, 11) is 0. The second kappa shape index (κ2) is 4.71. The molecule has 4 rings (SSSR count). The summed E-state index contributed by atoms with van der Waals surface area (Å²) >= 11 is 0. The molecule has 104 valence electrons. The average molecular weight is 284 g/mol. The van der Waals surface area contributed by atoms with Gasteiger partial charge in [0, 0.05) is 22.5 Å². The van der Waals surface area contributed by atoms with Crippen LogP contribution in [0.3, 0.4) is 0 Å². The molecule has 0 saturated carbocycles. The Kier molecular flexibility index (Phi) is 2.70. The smallest absolute Gasteiger partial charge is 0.144 e. The molecule has 0 fully saturated rings. The Morgan fingerprint density at radius 1 is 1.05 bits per heavy atom. The van der Waals surface area contributed by atoms with Crippen molar-refractivity contribution in [3.05, 3.63) is 65.9 Å². The van der Waals surface area contributed by atoms with Crippen molar-refractivity contribution in [3.63, 3.8) is 0 Å². The second-order valence-electron chi connectivity index (χ2n) is 5.27. The Balaban J connectivity index is 2.10. The highest BCUT2D eigenvalue weighted by atomic mass is 16.3. The molecule has 4 aromatic rings. The van der Waals surface area contributed by atoms with Crippen LogP contribution in [0.1, 0.15) is 11.1 Å². The molecule has 0 radical (unpaired) electrons. The van der Waals surface area contributed by atoms with Crippen molar-refractivity contribution in [2.75, 3.05) is 0 Å². The fraction of sp³-hybridized carbons (Fsp3) is 0.0526. The number of hydrogen-bond donors (Lipinski definition) is 0. The lowest BCUT2D eigenvalue weighted by molar-refractivity contribution is 0.669. The molecular weight excluding hydrogens is 272 g/mol. The average Bonchev–Trinajstić information content (AvgIpc) is 2.92. The number of rotatable bonds is 1. The predicted molar refractivity (Wildman–Crippen MR) is 86.4 cm³/mol. The highest BCUT2D eigenvalue weighted by Gasteiger charge is 2.14. The van der Waals surface area contributed by atoms with Crippen LogP contribution in [-0.2, 0) is 0 Å². The molecule has 0 aliphatic carbocycles. The molecule has 0 unspecified atom stereocenters. The van der Waals surface area contributed by atoms with Gasteiger partial charge in [0.15, 0.2) is 0 Å². The van der Waals surface area contributed by atoms with Gasteiger partial charge in [0.1, 0.15) is 11.2 Å². The van der Waals surface area contributed by atoms with Crippen LogP contribution in [0.2, 0.25) is 0 Å². The van der Waals surface area contributed by atoms with Gasteiger partial charge in [-0.15, -0.1) is 0 Å². The van der Waals surface area contributed by atoms with Crippen molar-refractivity contribution in [1.29, 1.82) is 5.26 Å². The first kappa shape index (κ1) is 12.6. The second-order valence-corrected chi connectivity index (χ2v) is 5.27. The predicted octanol–water partition coefficient (Wildman–Crippen LogP) is 4.83. The van der Waals surface area contributed by atoms with E-state index in [4.69, 9.17) is 4.42 Å². The molecule has 3 heteroatoms.